The van der Waals surface area contributed by atoms with Crippen molar-refractivity contribution in [2.24, 2.45) is 0 Å². The normalized spacial score (nSPS) is 14.1. The smallest absolute Gasteiger partial charge is 0.315 e. The standard InChI is InChI=1S/C23H31N5O2S/c1-16-15-17(2)26-23(25-16)31-20-12-10-19(11-13-20)27-21(29)9-6-14-24-22(30)28-18-7-4-3-5-8-18/h10-13,15,18H,3-9,14H2,1-2H3,(H,27,29)(H2,24,28,30). The van der Waals surface area contributed by atoms with Gasteiger partial charge in [0.15, 0.2) is 5.16 Å². The number of hydrogen-bond acceptors (Lipinski definition) is 5. The summed E-state index contributed by atoms with van der Waals surface area (Å²) in [7, 11) is 0. The zero-order valence-corrected chi connectivity index (χ0v) is 19.1. The highest BCUT2D eigenvalue weighted by Crippen LogP contribution is 2.26. The summed E-state index contributed by atoms with van der Waals surface area (Å²) in [5.41, 5.74) is 2.64. The molecule has 0 spiro atoms. The summed E-state index contributed by atoms with van der Waals surface area (Å²) in [5.74, 6) is -0.0625. The van der Waals surface area contributed by atoms with Gasteiger partial charge < -0.3 is 16.0 Å². The first-order valence-corrected chi connectivity index (χ1v) is 11.7. The van der Waals surface area contributed by atoms with Crippen molar-refractivity contribution in [3.63, 3.8) is 0 Å². The van der Waals surface area contributed by atoms with Crippen molar-refractivity contribution in [1.82, 2.24) is 20.6 Å². The summed E-state index contributed by atoms with van der Waals surface area (Å²) in [6.07, 6.45) is 6.71. The van der Waals surface area contributed by atoms with E-state index in [1.165, 1.54) is 31.0 Å². The van der Waals surface area contributed by atoms with Crippen LogP contribution in [-0.4, -0.2) is 34.5 Å². The van der Waals surface area contributed by atoms with Gasteiger partial charge in [-0.3, -0.25) is 4.79 Å². The minimum absolute atomic E-state index is 0.0625. The van der Waals surface area contributed by atoms with Crippen LogP contribution in [0.15, 0.2) is 40.4 Å². The van der Waals surface area contributed by atoms with Gasteiger partial charge in [-0.15, -0.1) is 0 Å². The number of amides is 3. The van der Waals surface area contributed by atoms with Gasteiger partial charge >= 0.3 is 6.03 Å². The number of anilines is 1. The van der Waals surface area contributed by atoms with Crippen molar-refractivity contribution in [3.8, 4) is 0 Å². The zero-order chi connectivity index (χ0) is 22.1. The second kappa shape index (κ2) is 11.7. The van der Waals surface area contributed by atoms with Crippen LogP contribution in [0.5, 0.6) is 0 Å². The number of hydrogen-bond donors (Lipinski definition) is 3. The Kier molecular flexibility index (Phi) is 8.70. The molecule has 0 bridgehead atoms. The number of aryl methyl sites for hydroxylation is 2. The minimum Gasteiger partial charge on any atom is -0.338 e. The van der Waals surface area contributed by atoms with Gasteiger partial charge in [0.05, 0.1) is 0 Å². The number of aromatic nitrogens is 2. The molecule has 3 amide bonds. The van der Waals surface area contributed by atoms with E-state index in [0.29, 0.717) is 30.6 Å². The van der Waals surface area contributed by atoms with Gasteiger partial charge in [-0.2, -0.15) is 0 Å². The molecule has 3 rings (SSSR count). The molecule has 1 aromatic heterocycles. The van der Waals surface area contributed by atoms with Crippen LogP contribution in [0.4, 0.5) is 10.5 Å². The lowest BCUT2D eigenvalue weighted by Gasteiger charge is -2.22. The number of rotatable bonds is 8. The summed E-state index contributed by atoms with van der Waals surface area (Å²) in [5, 5.41) is 9.47. The van der Waals surface area contributed by atoms with Crippen molar-refractivity contribution in [1.29, 1.82) is 0 Å². The fourth-order valence-electron chi connectivity index (χ4n) is 3.61. The Morgan fingerprint density at radius 1 is 1.03 bits per heavy atom. The van der Waals surface area contributed by atoms with E-state index in [1.807, 2.05) is 44.2 Å². The summed E-state index contributed by atoms with van der Waals surface area (Å²) in [4.78, 5) is 34.0. The van der Waals surface area contributed by atoms with E-state index in [9.17, 15) is 9.59 Å². The Labute approximate surface area is 188 Å². The molecule has 0 atom stereocenters. The average Bonchev–Trinajstić information content (AvgIpc) is 2.73. The number of nitrogens with one attached hydrogen (secondary N) is 3. The van der Waals surface area contributed by atoms with E-state index >= 15 is 0 Å². The largest absolute Gasteiger partial charge is 0.338 e. The summed E-state index contributed by atoms with van der Waals surface area (Å²) < 4.78 is 0. The predicted molar refractivity (Wildman–Crippen MR) is 123 cm³/mol. The Morgan fingerprint density at radius 3 is 2.39 bits per heavy atom. The van der Waals surface area contributed by atoms with Gasteiger partial charge in [0.25, 0.3) is 0 Å². The summed E-state index contributed by atoms with van der Waals surface area (Å²) in [6.45, 7) is 4.39. The van der Waals surface area contributed by atoms with Gasteiger partial charge in [-0.1, -0.05) is 19.3 Å². The number of benzene rings is 1. The third-order valence-corrected chi connectivity index (χ3v) is 5.99. The predicted octanol–water partition coefficient (Wildman–Crippen LogP) is 4.60. The van der Waals surface area contributed by atoms with Gasteiger partial charge in [0, 0.05) is 41.0 Å². The molecular weight excluding hydrogens is 410 g/mol. The third-order valence-electron chi connectivity index (χ3n) is 5.12. The molecule has 0 aliphatic heterocycles. The lowest BCUT2D eigenvalue weighted by Crippen LogP contribution is -2.43. The van der Waals surface area contributed by atoms with Gasteiger partial charge in [-0.05, 0) is 75.2 Å². The first-order valence-electron chi connectivity index (χ1n) is 10.9. The molecule has 166 valence electrons. The average molecular weight is 442 g/mol. The second-order valence-corrected chi connectivity index (χ2v) is 8.99. The molecule has 1 fully saturated rings. The van der Waals surface area contributed by atoms with E-state index in [-0.39, 0.29) is 11.9 Å². The van der Waals surface area contributed by atoms with Crippen molar-refractivity contribution in [2.45, 2.75) is 74.9 Å². The van der Waals surface area contributed by atoms with Crippen LogP contribution in [0.3, 0.4) is 0 Å². The van der Waals surface area contributed by atoms with Crippen molar-refractivity contribution < 1.29 is 9.59 Å². The van der Waals surface area contributed by atoms with Crippen molar-refractivity contribution in [3.05, 3.63) is 41.7 Å². The quantitative estimate of drug-likeness (QED) is 0.411. The highest BCUT2D eigenvalue weighted by atomic mass is 32.2. The third kappa shape index (κ3) is 8.20. The number of nitrogens with zero attached hydrogens (tertiary/aromatic N) is 2. The first kappa shape index (κ1) is 23.1. The fourth-order valence-corrected chi connectivity index (χ4v) is 4.47. The molecule has 31 heavy (non-hydrogen) atoms. The van der Waals surface area contributed by atoms with Crippen LogP contribution >= 0.6 is 11.8 Å². The molecule has 0 saturated heterocycles. The monoisotopic (exact) mass is 441 g/mol. The maximum Gasteiger partial charge on any atom is 0.315 e. The van der Waals surface area contributed by atoms with Crippen molar-refractivity contribution in [2.75, 3.05) is 11.9 Å². The summed E-state index contributed by atoms with van der Waals surface area (Å²) >= 11 is 1.49. The molecule has 7 nitrogen and oxygen atoms in total. The van der Waals surface area contributed by atoms with E-state index in [2.05, 4.69) is 25.9 Å². The Hall–Kier alpha value is -2.61. The maximum absolute atomic E-state index is 12.2. The van der Waals surface area contributed by atoms with Crippen LogP contribution in [0.1, 0.15) is 56.3 Å². The Balaban J connectivity index is 1.35. The highest BCUT2D eigenvalue weighted by molar-refractivity contribution is 7.99. The zero-order valence-electron chi connectivity index (χ0n) is 18.2. The number of urea groups is 1. The molecular formula is C23H31N5O2S. The van der Waals surface area contributed by atoms with E-state index in [0.717, 1.165) is 34.8 Å². The van der Waals surface area contributed by atoms with E-state index < -0.39 is 0 Å². The molecule has 3 N–H and O–H groups in total. The second-order valence-electron chi connectivity index (χ2n) is 7.95. The molecule has 1 aromatic carbocycles. The van der Waals surface area contributed by atoms with Gasteiger partial charge in [0.2, 0.25) is 5.91 Å². The Morgan fingerprint density at radius 2 is 1.71 bits per heavy atom. The molecule has 1 heterocycles. The van der Waals surface area contributed by atoms with Crippen molar-refractivity contribution >= 4 is 29.4 Å². The van der Waals surface area contributed by atoms with Crippen LogP contribution in [0.25, 0.3) is 0 Å². The maximum atomic E-state index is 12.2. The van der Waals surface area contributed by atoms with E-state index in [1.54, 1.807) is 0 Å². The molecule has 1 aliphatic rings. The minimum atomic E-state index is -0.131. The van der Waals surface area contributed by atoms with Crippen LogP contribution in [0.2, 0.25) is 0 Å². The van der Waals surface area contributed by atoms with Crippen LogP contribution in [-0.2, 0) is 4.79 Å². The lowest BCUT2D eigenvalue weighted by atomic mass is 9.96. The summed E-state index contributed by atoms with van der Waals surface area (Å²) in [6, 6.07) is 9.74. The van der Waals surface area contributed by atoms with Gasteiger partial charge in [0.1, 0.15) is 0 Å². The Bertz CT molecular complexity index is 862. The van der Waals surface area contributed by atoms with Crippen LogP contribution in [0, 0.1) is 13.8 Å². The molecule has 0 radical (unpaired) electrons. The van der Waals surface area contributed by atoms with Gasteiger partial charge in [-0.25, -0.2) is 14.8 Å². The highest BCUT2D eigenvalue weighted by Gasteiger charge is 2.15. The SMILES string of the molecule is Cc1cc(C)nc(Sc2ccc(NC(=O)CCCNC(=O)NC3CCCCC3)cc2)n1. The molecule has 1 aliphatic carbocycles. The van der Waals surface area contributed by atoms with E-state index in [4.69, 9.17) is 0 Å². The molecule has 1 saturated carbocycles. The first-order chi connectivity index (χ1) is 15.0. The number of carbonyl (C=O) groups excluding carboxylic acids is 2. The molecule has 8 heteroatoms. The lowest BCUT2D eigenvalue weighted by molar-refractivity contribution is -0.116. The molecule has 0 unspecified atom stereocenters. The molecule has 2 aromatic rings. The topological polar surface area (TPSA) is 96.0 Å². The fraction of sp³-hybridized carbons (Fsp3) is 0.478. The van der Waals surface area contributed by atoms with Crippen LogP contribution < -0.4 is 16.0 Å². The number of carbonyl (C=O) groups is 2.